The van der Waals surface area contributed by atoms with Crippen molar-refractivity contribution in [3.05, 3.63) is 95.0 Å². The Bertz CT molecular complexity index is 1190. The first-order chi connectivity index (χ1) is 13.6. The van der Waals surface area contributed by atoms with E-state index in [0.29, 0.717) is 27.8 Å². The number of carbonyl (C=O) groups is 1. The van der Waals surface area contributed by atoms with E-state index in [1.54, 1.807) is 66.9 Å². The van der Waals surface area contributed by atoms with Gasteiger partial charge in [-0.1, -0.05) is 36.4 Å². The largest absolute Gasteiger partial charge is 0.425 e. The second-order valence-corrected chi connectivity index (χ2v) is 6.49. The predicted octanol–water partition coefficient (Wildman–Crippen LogP) is 4.74. The van der Waals surface area contributed by atoms with Crippen molar-refractivity contribution in [1.29, 1.82) is 0 Å². The van der Waals surface area contributed by atoms with Crippen molar-refractivity contribution in [2.75, 3.05) is 0 Å². The number of hydrogen-bond acceptors (Lipinski definition) is 5. The Kier molecular flexibility index (Phi) is 4.91. The molecule has 28 heavy (non-hydrogen) atoms. The summed E-state index contributed by atoms with van der Waals surface area (Å²) in [5, 5.41) is -0.249. The molecule has 2 heterocycles. The van der Waals surface area contributed by atoms with Crippen molar-refractivity contribution in [2.24, 2.45) is 0 Å². The molecule has 0 spiro atoms. The van der Waals surface area contributed by atoms with E-state index in [1.165, 1.54) is 6.07 Å². The molecule has 0 aliphatic rings. The molecule has 0 aliphatic heterocycles. The van der Waals surface area contributed by atoms with Gasteiger partial charge < -0.3 is 9.15 Å². The van der Waals surface area contributed by atoms with Gasteiger partial charge in [-0.25, -0.2) is 9.59 Å². The maximum absolute atomic E-state index is 12.3. The summed E-state index contributed by atoms with van der Waals surface area (Å²) in [5.41, 5.74) is 1.32. The number of hydrogen-bond donors (Lipinski definition) is 0. The van der Waals surface area contributed by atoms with Crippen LogP contribution in [0.4, 0.5) is 0 Å². The summed E-state index contributed by atoms with van der Waals surface area (Å²) in [4.78, 5) is 28.8. The highest BCUT2D eigenvalue weighted by molar-refractivity contribution is 6.30. The number of aromatic nitrogens is 1. The number of alkyl halides is 1. The minimum absolute atomic E-state index is 0.243. The number of ether oxygens (including phenoxy) is 1. The lowest BCUT2D eigenvalue weighted by atomic mass is 10.1. The molecular weight excluding hydrogens is 378 g/mol. The number of rotatable bonds is 4. The highest BCUT2D eigenvalue weighted by Crippen LogP contribution is 2.26. The standard InChI is InChI=1S/C22H14ClNO4/c23-20(14-6-2-1-3-7-14)22(26)27-16-10-9-15-12-17(18-8-4-5-11-24-18)21(25)28-19(15)13-16/h1-13,20H. The zero-order valence-corrected chi connectivity index (χ0v) is 15.3. The molecule has 4 rings (SSSR count). The van der Waals surface area contributed by atoms with Crippen LogP contribution in [-0.4, -0.2) is 11.0 Å². The van der Waals surface area contributed by atoms with E-state index in [9.17, 15) is 9.59 Å². The molecule has 0 fully saturated rings. The van der Waals surface area contributed by atoms with E-state index in [0.717, 1.165) is 0 Å². The summed E-state index contributed by atoms with van der Waals surface area (Å²) in [5.74, 6) is -0.368. The second kappa shape index (κ2) is 7.66. The number of carbonyl (C=O) groups excluding carboxylic acids is 1. The molecule has 0 radical (unpaired) electrons. The van der Waals surface area contributed by atoms with E-state index in [1.807, 2.05) is 6.07 Å². The Morgan fingerprint density at radius 3 is 2.54 bits per heavy atom. The first-order valence-corrected chi connectivity index (χ1v) is 8.95. The van der Waals surface area contributed by atoms with Crippen LogP contribution in [0.25, 0.3) is 22.2 Å². The van der Waals surface area contributed by atoms with E-state index >= 15 is 0 Å². The van der Waals surface area contributed by atoms with Gasteiger partial charge in [0.05, 0.1) is 11.3 Å². The molecule has 0 aliphatic carbocycles. The molecule has 0 amide bonds. The monoisotopic (exact) mass is 391 g/mol. The number of pyridine rings is 1. The molecule has 0 bridgehead atoms. The summed E-state index contributed by atoms with van der Waals surface area (Å²) in [6, 6.07) is 20.7. The van der Waals surface area contributed by atoms with Crippen molar-refractivity contribution >= 4 is 28.5 Å². The van der Waals surface area contributed by atoms with E-state index in [-0.39, 0.29) is 5.75 Å². The van der Waals surface area contributed by atoms with Crippen LogP contribution in [0, 0.1) is 0 Å². The Labute approximate surface area is 165 Å². The first kappa shape index (κ1) is 17.9. The zero-order valence-electron chi connectivity index (χ0n) is 14.5. The van der Waals surface area contributed by atoms with Gasteiger partial charge in [0.1, 0.15) is 11.3 Å². The lowest BCUT2D eigenvalue weighted by molar-refractivity contribution is -0.134. The van der Waals surface area contributed by atoms with Gasteiger partial charge >= 0.3 is 11.6 Å². The van der Waals surface area contributed by atoms with Crippen molar-refractivity contribution in [1.82, 2.24) is 4.98 Å². The van der Waals surface area contributed by atoms with Crippen LogP contribution >= 0.6 is 11.6 Å². The van der Waals surface area contributed by atoms with Crippen LogP contribution < -0.4 is 10.4 Å². The average molecular weight is 392 g/mol. The van der Waals surface area contributed by atoms with E-state index in [4.69, 9.17) is 20.8 Å². The van der Waals surface area contributed by atoms with Gasteiger partial charge in [0.2, 0.25) is 0 Å². The number of halogens is 1. The molecule has 138 valence electrons. The van der Waals surface area contributed by atoms with Crippen molar-refractivity contribution in [3.8, 4) is 17.0 Å². The molecule has 0 N–H and O–H groups in total. The molecule has 2 aromatic heterocycles. The zero-order chi connectivity index (χ0) is 19.5. The Hall–Kier alpha value is -3.44. The SMILES string of the molecule is O=C(Oc1ccc2cc(-c3ccccn3)c(=O)oc2c1)C(Cl)c1ccccc1. The number of esters is 1. The third kappa shape index (κ3) is 3.66. The van der Waals surface area contributed by atoms with Crippen LogP contribution in [0.1, 0.15) is 10.9 Å². The summed E-state index contributed by atoms with van der Waals surface area (Å²) < 4.78 is 10.7. The smallest absolute Gasteiger partial charge is 0.345 e. The molecule has 5 nitrogen and oxygen atoms in total. The molecule has 4 aromatic rings. The number of nitrogens with zero attached hydrogens (tertiary/aromatic N) is 1. The minimum atomic E-state index is -0.935. The molecule has 0 saturated heterocycles. The Morgan fingerprint density at radius 1 is 1.00 bits per heavy atom. The summed E-state index contributed by atoms with van der Waals surface area (Å²) >= 11 is 6.18. The van der Waals surface area contributed by atoms with Crippen LogP contribution in [0.5, 0.6) is 5.75 Å². The molecule has 6 heteroatoms. The third-order valence-electron chi connectivity index (χ3n) is 4.17. The Balaban J connectivity index is 1.62. The van der Waals surface area contributed by atoms with Crippen molar-refractivity contribution in [3.63, 3.8) is 0 Å². The topological polar surface area (TPSA) is 69.4 Å². The Morgan fingerprint density at radius 2 is 1.79 bits per heavy atom. The quantitative estimate of drug-likeness (QED) is 0.217. The number of fused-ring (bicyclic) bond motifs is 1. The summed E-state index contributed by atoms with van der Waals surface area (Å²) in [6.07, 6.45) is 1.61. The lowest BCUT2D eigenvalue weighted by Gasteiger charge is -2.10. The maximum Gasteiger partial charge on any atom is 0.345 e. The third-order valence-corrected chi connectivity index (χ3v) is 4.60. The lowest BCUT2D eigenvalue weighted by Crippen LogP contribution is -2.14. The fourth-order valence-corrected chi connectivity index (χ4v) is 2.97. The summed E-state index contributed by atoms with van der Waals surface area (Å²) in [7, 11) is 0. The highest BCUT2D eigenvalue weighted by atomic mass is 35.5. The second-order valence-electron chi connectivity index (χ2n) is 6.06. The molecular formula is C22H14ClNO4. The molecule has 2 aromatic carbocycles. The van der Waals surface area contributed by atoms with Crippen LogP contribution in [0.3, 0.4) is 0 Å². The average Bonchev–Trinajstić information content (AvgIpc) is 2.74. The van der Waals surface area contributed by atoms with Gasteiger partial charge in [0.15, 0.2) is 5.38 Å². The van der Waals surface area contributed by atoms with Crippen LogP contribution in [0.15, 0.2) is 88.2 Å². The highest BCUT2D eigenvalue weighted by Gasteiger charge is 2.20. The van der Waals surface area contributed by atoms with E-state index in [2.05, 4.69) is 4.98 Å². The van der Waals surface area contributed by atoms with Gasteiger partial charge in [0, 0.05) is 17.6 Å². The number of benzene rings is 2. The van der Waals surface area contributed by atoms with Crippen molar-refractivity contribution < 1.29 is 13.9 Å². The van der Waals surface area contributed by atoms with Gasteiger partial charge in [-0.3, -0.25) is 4.98 Å². The van der Waals surface area contributed by atoms with Gasteiger partial charge in [-0.15, -0.1) is 11.6 Å². The first-order valence-electron chi connectivity index (χ1n) is 8.52. The van der Waals surface area contributed by atoms with Gasteiger partial charge in [-0.2, -0.15) is 0 Å². The van der Waals surface area contributed by atoms with Crippen molar-refractivity contribution in [2.45, 2.75) is 5.38 Å². The molecule has 1 atom stereocenters. The predicted molar refractivity (Wildman–Crippen MR) is 106 cm³/mol. The van der Waals surface area contributed by atoms with Gasteiger partial charge in [-0.05, 0) is 35.9 Å². The van der Waals surface area contributed by atoms with E-state index < -0.39 is 17.0 Å². The molecule has 1 unspecified atom stereocenters. The summed E-state index contributed by atoms with van der Waals surface area (Å²) in [6.45, 7) is 0. The molecule has 0 saturated carbocycles. The van der Waals surface area contributed by atoms with Crippen LogP contribution in [0.2, 0.25) is 0 Å². The van der Waals surface area contributed by atoms with Crippen LogP contribution in [-0.2, 0) is 4.79 Å². The normalized spacial score (nSPS) is 11.9. The fourth-order valence-electron chi connectivity index (χ4n) is 2.78. The minimum Gasteiger partial charge on any atom is -0.425 e. The fraction of sp³-hybridized carbons (Fsp3) is 0.0455. The van der Waals surface area contributed by atoms with Gasteiger partial charge in [0.25, 0.3) is 0 Å². The maximum atomic E-state index is 12.3.